The van der Waals surface area contributed by atoms with Gasteiger partial charge in [0.05, 0.1) is 62.6 Å². The van der Waals surface area contributed by atoms with Crippen LogP contribution in [0.25, 0.3) is 0 Å². The Kier molecular flexibility index (Phi) is 18.3. The van der Waals surface area contributed by atoms with Crippen LogP contribution in [0.2, 0.25) is 0 Å². The molecule has 2 amide bonds. The molecular formula is C82H118N6O8. The highest BCUT2D eigenvalue weighted by Gasteiger charge is 2.75. The van der Waals surface area contributed by atoms with Crippen LogP contribution < -0.4 is 10.6 Å². The summed E-state index contributed by atoms with van der Waals surface area (Å²) in [4.78, 5) is 34.6. The summed E-state index contributed by atoms with van der Waals surface area (Å²) >= 11 is 0. The van der Waals surface area contributed by atoms with Crippen LogP contribution in [-0.2, 0) is 32.2 Å². The molecule has 6 aliphatic carbocycles. The number of benzene rings is 4. The van der Waals surface area contributed by atoms with Crippen LogP contribution in [0.4, 0.5) is 0 Å². The molecule has 8 aliphatic heterocycles. The van der Waals surface area contributed by atoms with Crippen molar-refractivity contribution in [3.8, 4) is 0 Å². The van der Waals surface area contributed by atoms with Crippen LogP contribution in [0, 0.1) is 65.0 Å². The van der Waals surface area contributed by atoms with Crippen molar-refractivity contribution >= 4 is 11.8 Å². The van der Waals surface area contributed by atoms with E-state index in [1.165, 1.54) is 62.5 Å². The zero-order valence-electron chi connectivity index (χ0n) is 60.3. The number of likely N-dealkylation sites (tertiary alicyclic amines) is 2. The van der Waals surface area contributed by atoms with Gasteiger partial charge < -0.3 is 50.3 Å². The van der Waals surface area contributed by atoms with Gasteiger partial charge in [-0.25, -0.2) is 0 Å². The molecule has 0 bridgehead atoms. The van der Waals surface area contributed by atoms with Crippen LogP contribution in [0.3, 0.4) is 0 Å². The number of aliphatic hydroxyl groups excluding tert-OH is 4. The summed E-state index contributed by atoms with van der Waals surface area (Å²) in [5.74, 6) is 0.628. The first-order valence-electron chi connectivity index (χ1n) is 36.9. The summed E-state index contributed by atoms with van der Waals surface area (Å²) in [6, 6.07) is 43.4. The Morgan fingerprint density at radius 3 is 0.948 bits per heavy atom. The van der Waals surface area contributed by atoms with Crippen LogP contribution in [0.15, 0.2) is 121 Å². The summed E-state index contributed by atoms with van der Waals surface area (Å²) in [6.45, 7) is 36.7. The van der Waals surface area contributed by atoms with Gasteiger partial charge in [0.25, 0.3) is 0 Å². The lowest BCUT2D eigenvalue weighted by Gasteiger charge is -2.23. The van der Waals surface area contributed by atoms with E-state index in [1.807, 2.05) is 70.5 Å². The number of carbonyl (C=O) groups is 2. The second-order valence-electron chi connectivity index (χ2n) is 36.8. The lowest BCUT2D eigenvalue weighted by Crippen LogP contribution is -2.33. The molecule has 4 aromatic rings. The average molecular weight is 1320 g/mol. The topological polar surface area (TPSA) is 171 Å². The number of ether oxygens (including phenoxy) is 2. The van der Waals surface area contributed by atoms with Gasteiger partial charge in [-0.1, -0.05) is 204 Å². The maximum absolute atomic E-state index is 12.8. The molecule has 4 aromatic carbocycles. The molecule has 0 aromatic heterocycles. The first kappa shape index (κ1) is 69.9. The van der Waals surface area contributed by atoms with Gasteiger partial charge in [0, 0.05) is 74.6 Å². The summed E-state index contributed by atoms with van der Waals surface area (Å²) in [7, 11) is 0. The van der Waals surface area contributed by atoms with E-state index in [0.29, 0.717) is 119 Å². The Bertz CT molecular complexity index is 3180. The molecule has 0 radical (unpaired) electrons. The monoisotopic (exact) mass is 1310 g/mol. The van der Waals surface area contributed by atoms with Crippen molar-refractivity contribution < 1.29 is 39.5 Å². The van der Waals surface area contributed by atoms with Crippen LogP contribution >= 0.6 is 0 Å². The minimum Gasteiger partial charge on any atom is -0.395 e. The standard InChI is InChI=1S/2C16H19NO2.2C16H23NO.2C9H17NO/c2*1-15(2)10-16(15)8-12-9-19-13(17(12)14(16)18)11-6-4-3-5-7-11;2*1-15(2)11-16(15)8-14(10-18)17(12-16)9-13-6-4-3-5-7-13;2*1-8(2)5-9(8)3-7(4-11)10-6-9/h2*3-7,12-13H,8-10H2,1-2H3;2*3-7,14,18H,8-12H2,1-2H3;2*7,10-11H,3-6H2,1-2H3/t2*12?,13-,16?;;;;/m11..../s1. The number of nitrogens with zero attached hydrogens (tertiary/aromatic N) is 4. The molecular weight excluding hydrogens is 1200 g/mol. The van der Waals surface area contributed by atoms with E-state index < -0.39 is 0 Å². The van der Waals surface area contributed by atoms with Crippen molar-refractivity contribution in [2.24, 2.45) is 65.0 Å². The highest BCUT2D eigenvalue weighted by atomic mass is 16.5. The van der Waals surface area contributed by atoms with Crippen LogP contribution in [-0.4, -0.2) is 154 Å². The smallest absolute Gasteiger partial charge is 0.232 e. The third-order valence-electron chi connectivity index (χ3n) is 28.4. The van der Waals surface area contributed by atoms with E-state index >= 15 is 0 Å². The van der Waals surface area contributed by atoms with E-state index in [0.717, 1.165) is 76.1 Å². The fourth-order valence-corrected chi connectivity index (χ4v) is 20.6. The quantitative estimate of drug-likeness (QED) is 0.0890. The maximum Gasteiger partial charge on any atom is 0.232 e. The van der Waals surface area contributed by atoms with Gasteiger partial charge in [-0.3, -0.25) is 19.4 Å². The van der Waals surface area contributed by atoms with Gasteiger partial charge in [-0.2, -0.15) is 0 Å². The highest BCUT2D eigenvalue weighted by Crippen LogP contribution is 2.74. The Morgan fingerprint density at radius 1 is 0.396 bits per heavy atom. The van der Waals surface area contributed by atoms with Gasteiger partial charge in [0.1, 0.15) is 0 Å². The molecule has 14 fully saturated rings. The lowest BCUT2D eigenvalue weighted by molar-refractivity contribution is -0.140. The summed E-state index contributed by atoms with van der Waals surface area (Å²) < 4.78 is 11.7. The van der Waals surface area contributed by atoms with Crippen LogP contribution in [0.1, 0.15) is 195 Å². The van der Waals surface area contributed by atoms with Crippen molar-refractivity contribution in [3.63, 3.8) is 0 Å². The van der Waals surface area contributed by atoms with Gasteiger partial charge in [0.15, 0.2) is 12.5 Å². The Morgan fingerprint density at radius 2 is 0.698 bits per heavy atom. The molecule has 12 unspecified atom stereocenters. The van der Waals surface area contributed by atoms with Crippen molar-refractivity contribution in [3.05, 3.63) is 144 Å². The minimum absolute atomic E-state index is 0.0888. The van der Waals surface area contributed by atoms with Crippen molar-refractivity contribution in [2.75, 3.05) is 65.8 Å². The molecule has 8 saturated heterocycles. The number of hydrogen-bond acceptors (Lipinski definition) is 12. The summed E-state index contributed by atoms with van der Waals surface area (Å²) in [6.07, 6.45) is 13.7. The molecule has 18 rings (SSSR count). The molecule has 14 nitrogen and oxygen atoms in total. The molecule has 8 heterocycles. The predicted octanol–water partition coefficient (Wildman–Crippen LogP) is 12.3. The largest absolute Gasteiger partial charge is 0.395 e. The van der Waals surface area contributed by atoms with E-state index in [2.05, 4.69) is 164 Å². The molecule has 14 aliphatic rings. The zero-order chi connectivity index (χ0) is 68.3. The number of hydrogen-bond donors (Lipinski definition) is 6. The molecule has 6 N–H and O–H groups in total. The molecule has 96 heavy (non-hydrogen) atoms. The maximum atomic E-state index is 12.8. The minimum atomic E-state index is -0.172. The number of aliphatic hydroxyl groups is 4. The van der Waals surface area contributed by atoms with E-state index in [9.17, 15) is 19.8 Å². The van der Waals surface area contributed by atoms with Gasteiger partial charge in [-0.05, 0) is 142 Å². The molecule has 14 atom stereocenters. The number of nitrogens with one attached hydrogen (secondary N) is 2. The van der Waals surface area contributed by atoms with E-state index in [4.69, 9.17) is 19.7 Å². The first-order valence-corrected chi connectivity index (χ1v) is 36.9. The fraction of sp³-hybridized carbons (Fsp3) is 0.683. The highest BCUT2D eigenvalue weighted by molar-refractivity contribution is 5.91. The molecule has 524 valence electrons. The Labute approximate surface area is 575 Å². The molecule has 14 heteroatoms. The number of fused-ring (bicyclic) bond motifs is 2. The summed E-state index contributed by atoms with van der Waals surface area (Å²) in [5.41, 5.74) is 9.13. The van der Waals surface area contributed by atoms with E-state index in [-0.39, 0.29) is 46.2 Å². The van der Waals surface area contributed by atoms with Crippen molar-refractivity contribution in [2.45, 2.75) is 222 Å². The van der Waals surface area contributed by atoms with Gasteiger partial charge in [-0.15, -0.1) is 0 Å². The SMILES string of the molecule is CC1(C)CC12CC(CO)N(Cc1ccccc1)C2.CC1(C)CC12CC(CO)N(Cc1ccccc1)C2.CC1(C)CC12CC1CO[C@H](c3ccccc3)N1C2=O.CC1(C)CC12CC1CO[C@H](c3ccccc3)N1C2=O.CC1(C)CC12CNC(CO)C2.CC1(C)CC12CNC(CO)C2. The summed E-state index contributed by atoms with van der Waals surface area (Å²) in [5, 5.41) is 43.8. The van der Waals surface area contributed by atoms with Crippen LogP contribution in [0.5, 0.6) is 0 Å². The van der Waals surface area contributed by atoms with Gasteiger partial charge >= 0.3 is 0 Å². The Hall–Kier alpha value is -4.58. The number of rotatable bonds is 10. The molecule has 6 saturated carbocycles. The number of amides is 2. The molecule has 6 spiro atoms. The number of carbonyl (C=O) groups excluding carboxylic acids is 2. The second-order valence-corrected chi connectivity index (χ2v) is 36.8. The normalized spacial score (nSPS) is 38.8. The van der Waals surface area contributed by atoms with Crippen molar-refractivity contribution in [1.82, 2.24) is 30.2 Å². The average Bonchev–Trinajstić information content (AvgIpc) is 1.60. The zero-order valence-corrected chi connectivity index (χ0v) is 60.3. The second kappa shape index (κ2) is 25.2. The lowest BCUT2D eigenvalue weighted by atomic mass is 9.92. The first-order chi connectivity index (χ1) is 45.4. The van der Waals surface area contributed by atoms with Crippen molar-refractivity contribution in [1.29, 1.82) is 0 Å². The van der Waals surface area contributed by atoms with E-state index in [1.54, 1.807) is 0 Å². The fourth-order valence-electron chi connectivity index (χ4n) is 20.6. The third kappa shape index (κ3) is 12.6. The van der Waals surface area contributed by atoms with Gasteiger partial charge in [0.2, 0.25) is 11.8 Å². The predicted molar refractivity (Wildman–Crippen MR) is 377 cm³/mol. The third-order valence-corrected chi connectivity index (χ3v) is 28.4. The Balaban J connectivity index is 0.000000105.